The van der Waals surface area contributed by atoms with Crippen LogP contribution in [-0.2, 0) is 6.42 Å². The van der Waals surface area contributed by atoms with Crippen molar-refractivity contribution in [3.63, 3.8) is 0 Å². The maximum absolute atomic E-state index is 4.39. The van der Waals surface area contributed by atoms with Crippen molar-refractivity contribution in [2.45, 2.75) is 26.2 Å². The van der Waals surface area contributed by atoms with Crippen LogP contribution in [-0.4, -0.2) is 0 Å². The molecule has 0 saturated heterocycles. The molecule has 0 unspecified atom stereocenters. The van der Waals surface area contributed by atoms with E-state index in [9.17, 15) is 0 Å². The molecule has 150 valence electrons. The van der Waals surface area contributed by atoms with Crippen molar-refractivity contribution in [3.05, 3.63) is 144 Å². The first-order valence-corrected chi connectivity index (χ1v) is 10.4. The molecule has 0 fully saturated rings. The van der Waals surface area contributed by atoms with Crippen LogP contribution < -0.4 is 0 Å². The Labute approximate surface area is 181 Å². The molecule has 3 rings (SSSR count). The van der Waals surface area contributed by atoms with Gasteiger partial charge >= 0.3 is 0 Å². The Morgan fingerprint density at radius 2 is 1.27 bits per heavy atom. The fourth-order valence-electron chi connectivity index (χ4n) is 3.45. The fourth-order valence-corrected chi connectivity index (χ4v) is 3.45. The molecule has 30 heavy (non-hydrogen) atoms. The molecule has 0 aliphatic heterocycles. The van der Waals surface area contributed by atoms with Gasteiger partial charge in [-0.1, -0.05) is 127 Å². The first-order chi connectivity index (χ1) is 14.5. The number of hydrogen-bond acceptors (Lipinski definition) is 0. The van der Waals surface area contributed by atoms with Crippen molar-refractivity contribution >= 4 is 11.1 Å². The Morgan fingerprint density at radius 1 is 0.700 bits per heavy atom. The number of benzene rings is 3. The summed E-state index contributed by atoms with van der Waals surface area (Å²) < 4.78 is 0. The molecule has 0 radical (unpaired) electrons. The number of rotatable bonds is 9. The average molecular weight is 391 g/mol. The van der Waals surface area contributed by atoms with Crippen molar-refractivity contribution in [2.75, 3.05) is 0 Å². The first kappa shape index (κ1) is 21.3. The third-order valence-corrected chi connectivity index (χ3v) is 5.26. The van der Waals surface area contributed by atoms with Gasteiger partial charge in [0.25, 0.3) is 0 Å². The predicted octanol–water partition coefficient (Wildman–Crippen LogP) is 8.23. The summed E-state index contributed by atoms with van der Waals surface area (Å²) in [6.45, 7) is 15.1. The third-order valence-electron chi connectivity index (χ3n) is 5.26. The van der Waals surface area contributed by atoms with Crippen LogP contribution in [0.5, 0.6) is 0 Å². The van der Waals surface area contributed by atoms with Crippen LogP contribution in [0.25, 0.3) is 11.1 Å². The third kappa shape index (κ3) is 6.06. The average Bonchev–Trinajstić information content (AvgIpc) is 2.78. The molecule has 3 aromatic rings. The lowest BCUT2D eigenvalue weighted by molar-refractivity contribution is 0.910. The second kappa shape index (κ2) is 10.4. The zero-order valence-electron chi connectivity index (χ0n) is 17.9. The molecule has 0 nitrogen and oxygen atoms in total. The Balaban J connectivity index is 1.71. The molecule has 0 amide bonds. The minimum absolute atomic E-state index is 0.892. The molecule has 0 heteroatoms. The van der Waals surface area contributed by atoms with Gasteiger partial charge in [0.15, 0.2) is 0 Å². The lowest BCUT2D eigenvalue weighted by atomic mass is 9.91. The zero-order valence-corrected chi connectivity index (χ0v) is 17.9. The first-order valence-electron chi connectivity index (χ1n) is 10.4. The highest BCUT2D eigenvalue weighted by Crippen LogP contribution is 2.31. The number of hydrogen-bond donors (Lipinski definition) is 0. The van der Waals surface area contributed by atoms with Crippen LogP contribution in [0.3, 0.4) is 0 Å². The van der Waals surface area contributed by atoms with Gasteiger partial charge in [-0.15, -0.1) is 0 Å². The van der Waals surface area contributed by atoms with Crippen LogP contribution in [0.1, 0.15) is 35.1 Å². The quantitative estimate of drug-likeness (QED) is 0.255. The summed E-state index contributed by atoms with van der Waals surface area (Å²) >= 11 is 0. The molecule has 0 atom stereocenters. The Kier molecular flexibility index (Phi) is 7.40. The maximum Gasteiger partial charge on any atom is -0.00697 e. The minimum Gasteiger partial charge on any atom is -0.0995 e. The molecular formula is C30H30. The van der Waals surface area contributed by atoms with Crippen LogP contribution in [0.4, 0.5) is 0 Å². The van der Waals surface area contributed by atoms with Crippen LogP contribution in [0.15, 0.2) is 122 Å². The van der Waals surface area contributed by atoms with Crippen LogP contribution in [0.2, 0.25) is 0 Å². The lowest BCUT2D eigenvalue weighted by Gasteiger charge is -2.14. The van der Waals surface area contributed by atoms with E-state index in [2.05, 4.69) is 93.4 Å². The van der Waals surface area contributed by atoms with Gasteiger partial charge in [-0.2, -0.15) is 0 Å². The highest BCUT2D eigenvalue weighted by atomic mass is 14.1. The summed E-state index contributed by atoms with van der Waals surface area (Å²) in [5.41, 5.74) is 9.35. The topological polar surface area (TPSA) is 0 Å². The van der Waals surface area contributed by atoms with Crippen molar-refractivity contribution in [1.29, 1.82) is 0 Å². The minimum atomic E-state index is 0.892. The molecular weight excluding hydrogens is 360 g/mol. The van der Waals surface area contributed by atoms with Gasteiger partial charge in [0, 0.05) is 0 Å². The van der Waals surface area contributed by atoms with Crippen molar-refractivity contribution in [3.8, 4) is 0 Å². The van der Waals surface area contributed by atoms with E-state index in [1.807, 2.05) is 24.3 Å². The Hall–Kier alpha value is -3.38. The van der Waals surface area contributed by atoms with Gasteiger partial charge in [0.1, 0.15) is 0 Å². The highest BCUT2D eigenvalue weighted by molar-refractivity contribution is 6.04. The number of aryl methyl sites for hydroxylation is 1. The van der Waals surface area contributed by atoms with Gasteiger partial charge < -0.3 is 0 Å². The van der Waals surface area contributed by atoms with E-state index in [1.54, 1.807) is 0 Å². The monoisotopic (exact) mass is 390 g/mol. The van der Waals surface area contributed by atoms with Gasteiger partial charge in [-0.25, -0.2) is 0 Å². The van der Waals surface area contributed by atoms with Crippen molar-refractivity contribution in [2.24, 2.45) is 0 Å². The fraction of sp³-hybridized carbons (Fsp3) is 0.133. The Morgan fingerprint density at radius 3 is 1.87 bits per heavy atom. The standard InChI is InChI=1S/C30H30/c1-23-17-19-27(20-18-23)21-24(2)15-16-25(3)22-30(29-13-9-6-10-14-29)26(4)28-11-7-5-8-12-28/h5-14,17-20,22H,2-4,15-16,21H2,1H3/b30-22+. The molecule has 0 bridgehead atoms. The van der Waals surface area contributed by atoms with E-state index < -0.39 is 0 Å². The van der Waals surface area contributed by atoms with E-state index in [1.165, 1.54) is 16.7 Å². The van der Waals surface area contributed by atoms with E-state index in [-0.39, 0.29) is 0 Å². The van der Waals surface area contributed by atoms with Crippen molar-refractivity contribution in [1.82, 2.24) is 0 Å². The van der Waals surface area contributed by atoms with E-state index >= 15 is 0 Å². The van der Waals surface area contributed by atoms with E-state index in [0.717, 1.165) is 47.1 Å². The smallest absolute Gasteiger partial charge is 0.00697 e. The SMILES string of the molecule is C=C(/C=C(\C(=C)c1ccccc1)c1ccccc1)CCC(=C)Cc1ccc(C)cc1. The maximum atomic E-state index is 4.39. The number of allylic oxidation sites excluding steroid dienone is 5. The summed E-state index contributed by atoms with van der Waals surface area (Å²) in [6, 6.07) is 29.4. The highest BCUT2D eigenvalue weighted by Gasteiger charge is 2.09. The largest absolute Gasteiger partial charge is 0.0995 e. The normalized spacial score (nSPS) is 11.2. The predicted molar refractivity (Wildman–Crippen MR) is 132 cm³/mol. The van der Waals surface area contributed by atoms with E-state index in [0.29, 0.717) is 0 Å². The summed E-state index contributed by atoms with van der Waals surface area (Å²) in [7, 11) is 0. The lowest BCUT2D eigenvalue weighted by Crippen LogP contribution is -1.93. The van der Waals surface area contributed by atoms with Crippen LogP contribution in [0, 0.1) is 6.92 Å². The van der Waals surface area contributed by atoms with Gasteiger partial charge in [0.2, 0.25) is 0 Å². The molecule has 0 heterocycles. The van der Waals surface area contributed by atoms with Gasteiger partial charge in [-0.05, 0) is 54.0 Å². The molecule has 0 aliphatic carbocycles. The zero-order chi connectivity index (χ0) is 21.3. The molecule has 0 spiro atoms. The van der Waals surface area contributed by atoms with Gasteiger partial charge in [0.05, 0.1) is 0 Å². The van der Waals surface area contributed by atoms with Crippen LogP contribution >= 0.6 is 0 Å². The second-order valence-corrected chi connectivity index (χ2v) is 7.84. The summed E-state index contributed by atoms with van der Waals surface area (Å²) in [5.74, 6) is 0. The van der Waals surface area contributed by atoms with Gasteiger partial charge in [-0.3, -0.25) is 0 Å². The molecule has 0 N–H and O–H groups in total. The summed E-state index contributed by atoms with van der Waals surface area (Å²) in [6.07, 6.45) is 4.93. The second-order valence-electron chi connectivity index (χ2n) is 7.84. The van der Waals surface area contributed by atoms with E-state index in [4.69, 9.17) is 0 Å². The van der Waals surface area contributed by atoms with Crippen molar-refractivity contribution < 1.29 is 0 Å². The molecule has 0 aromatic heterocycles. The molecule has 0 saturated carbocycles. The molecule has 0 aliphatic rings. The Bertz CT molecular complexity index is 1030. The molecule has 3 aromatic carbocycles. The summed E-state index contributed by atoms with van der Waals surface area (Å²) in [5, 5.41) is 0. The summed E-state index contributed by atoms with van der Waals surface area (Å²) in [4.78, 5) is 0.